The summed E-state index contributed by atoms with van der Waals surface area (Å²) in [4.78, 5) is 4.71. The number of nitrogens with one attached hydrogen (secondary N) is 1. The normalized spacial score (nSPS) is 16.1. The van der Waals surface area contributed by atoms with Crippen LogP contribution in [0.2, 0.25) is 0 Å². The van der Waals surface area contributed by atoms with Gasteiger partial charge in [0.05, 0.1) is 0 Å². The first-order valence-electron chi connectivity index (χ1n) is 9.19. The number of aliphatic imine (C=N–C) groups is 1. The summed E-state index contributed by atoms with van der Waals surface area (Å²) in [5.74, 6) is 2.61. The lowest BCUT2D eigenvalue weighted by Crippen LogP contribution is -2.23. The highest BCUT2D eigenvalue weighted by Gasteiger charge is 2.12. The van der Waals surface area contributed by atoms with Crippen LogP contribution in [0.1, 0.15) is 80.1 Å². The second-order valence-corrected chi connectivity index (χ2v) is 6.42. The third-order valence-electron chi connectivity index (χ3n) is 4.03. The molecule has 0 aliphatic heterocycles. The van der Waals surface area contributed by atoms with E-state index >= 15 is 0 Å². The molecule has 0 saturated heterocycles. The molecule has 2 atom stereocenters. The van der Waals surface area contributed by atoms with Crippen LogP contribution in [0.25, 0.3) is 0 Å². The van der Waals surface area contributed by atoms with Crippen molar-refractivity contribution in [3.05, 3.63) is 24.0 Å². The van der Waals surface area contributed by atoms with Gasteiger partial charge in [-0.05, 0) is 57.1 Å². The number of unbranched alkanes of at least 4 members (excludes halogenated alkanes) is 1. The minimum atomic E-state index is 0.752. The van der Waals surface area contributed by atoms with Gasteiger partial charge in [-0.15, -0.1) is 0 Å². The van der Waals surface area contributed by atoms with Crippen molar-refractivity contribution in [1.29, 1.82) is 0 Å². The Hall–Kier alpha value is -1.05. The molecule has 22 heavy (non-hydrogen) atoms. The Morgan fingerprint density at radius 1 is 1.18 bits per heavy atom. The van der Waals surface area contributed by atoms with E-state index in [1.807, 2.05) is 13.0 Å². The molecule has 0 radical (unpaired) electrons. The number of hydrogen-bond donors (Lipinski definition) is 1. The van der Waals surface area contributed by atoms with Gasteiger partial charge in [-0.25, -0.2) is 4.99 Å². The van der Waals surface area contributed by atoms with Gasteiger partial charge in [0.1, 0.15) is 5.82 Å². The number of rotatable bonds is 12. The quantitative estimate of drug-likeness (QED) is 0.432. The van der Waals surface area contributed by atoms with Gasteiger partial charge in [-0.1, -0.05) is 53.0 Å². The molecule has 0 aliphatic carbocycles. The summed E-state index contributed by atoms with van der Waals surface area (Å²) in [6, 6.07) is 0. The van der Waals surface area contributed by atoms with Gasteiger partial charge in [-0.2, -0.15) is 0 Å². The first kappa shape index (κ1) is 20.9. The second kappa shape index (κ2) is 13.6. The predicted molar refractivity (Wildman–Crippen MR) is 101 cm³/mol. The highest BCUT2D eigenvalue weighted by molar-refractivity contribution is 5.93. The van der Waals surface area contributed by atoms with Gasteiger partial charge < -0.3 is 5.32 Å². The van der Waals surface area contributed by atoms with E-state index in [1.165, 1.54) is 25.7 Å². The molecule has 0 saturated carbocycles. The SMILES string of the molecule is C\C=C/C(C)=N\C(=C\CCC)NC[C@H](CCC)CC(C)CC. The zero-order chi connectivity index (χ0) is 16.8. The van der Waals surface area contributed by atoms with Crippen molar-refractivity contribution < 1.29 is 0 Å². The van der Waals surface area contributed by atoms with Crippen LogP contribution in [0, 0.1) is 11.8 Å². The molecule has 1 N–H and O–H groups in total. The van der Waals surface area contributed by atoms with E-state index in [9.17, 15) is 0 Å². The lowest BCUT2D eigenvalue weighted by atomic mass is 9.91. The summed E-state index contributed by atoms with van der Waals surface area (Å²) in [6.45, 7) is 14.3. The van der Waals surface area contributed by atoms with Crippen LogP contribution in [0.5, 0.6) is 0 Å². The smallest absolute Gasteiger partial charge is 0.122 e. The maximum Gasteiger partial charge on any atom is 0.122 e. The monoisotopic (exact) mass is 306 g/mol. The first-order valence-corrected chi connectivity index (χ1v) is 9.19. The number of hydrogen-bond acceptors (Lipinski definition) is 2. The zero-order valence-corrected chi connectivity index (χ0v) is 15.8. The molecule has 0 bridgehead atoms. The van der Waals surface area contributed by atoms with Gasteiger partial charge in [0, 0.05) is 12.3 Å². The van der Waals surface area contributed by atoms with Crippen LogP contribution >= 0.6 is 0 Å². The van der Waals surface area contributed by atoms with Crippen molar-refractivity contribution in [2.45, 2.75) is 80.1 Å². The Labute approximate surface area is 139 Å². The molecular formula is C20H38N2. The average Bonchev–Trinajstić information content (AvgIpc) is 2.49. The molecule has 0 aromatic heterocycles. The molecule has 0 aliphatic rings. The second-order valence-electron chi connectivity index (χ2n) is 6.42. The van der Waals surface area contributed by atoms with Crippen LogP contribution in [-0.4, -0.2) is 12.3 Å². The van der Waals surface area contributed by atoms with Crippen molar-refractivity contribution in [3.8, 4) is 0 Å². The molecule has 0 fully saturated rings. The maximum absolute atomic E-state index is 4.71. The third-order valence-corrected chi connectivity index (χ3v) is 4.03. The summed E-state index contributed by atoms with van der Waals surface area (Å²) < 4.78 is 0. The molecule has 0 aromatic rings. The summed E-state index contributed by atoms with van der Waals surface area (Å²) in [5.41, 5.74) is 1.06. The van der Waals surface area contributed by atoms with E-state index < -0.39 is 0 Å². The van der Waals surface area contributed by atoms with Crippen LogP contribution in [0.3, 0.4) is 0 Å². The molecular weight excluding hydrogens is 268 g/mol. The van der Waals surface area contributed by atoms with E-state index in [2.05, 4.69) is 52.1 Å². The van der Waals surface area contributed by atoms with E-state index in [1.54, 1.807) is 0 Å². The van der Waals surface area contributed by atoms with Crippen LogP contribution in [0.4, 0.5) is 0 Å². The van der Waals surface area contributed by atoms with Gasteiger partial charge in [0.2, 0.25) is 0 Å². The third kappa shape index (κ3) is 10.6. The maximum atomic E-state index is 4.71. The highest BCUT2D eigenvalue weighted by atomic mass is 15.0. The molecule has 1 unspecified atom stereocenters. The van der Waals surface area contributed by atoms with Gasteiger partial charge in [-0.3, -0.25) is 0 Å². The van der Waals surface area contributed by atoms with E-state index in [4.69, 9.17) is 4.99 Å². The van der Waals surface area contributed by atoms with Gasteiger partial charge >= 0.3 is 0 Å². The lowest BCUT2D eigenvalue weighted by molar-refractivity contribution is 0.352. The summed E-state index contributed by atoms with van der Waals surface area (Å²) in [6.07, 6.45) is 13.7. The van der Waals surface area contributed by atoms with Crippen LogP contribution in [0.15, 0.2) is 29.0 Å². The predicted octanol–water partition coefficient (Wildman–Crippen LogP) is 6.11. The fourth-order valence-electron chi connectivity index (χ4n) is 2.60. The first-order chi connectivity index (χ1) is 10.6. The van der Waals surface area contributed by atoms with Gasteiger partial charge in [0.25, 0.3) is 0 Å². The average molecular weight is 307 g/mol. The van der Waals surface area contributed by atoms with E-state index in [0.29, 0.717) is 0 Å². The van der Waals surface area contributed by atoms with Crippen LogP contribution < -0.4 is 5.32 Å². The lowest BCUT2D eigenvalue weighted by Gasteiger charge is -2.21. The van der Waals surface area contributed by atoms with Crippen molar-refractivity contribution >= 4 is 5.71 Å². The summed E-state index contributed by atoms with van der Waals surface area (Å²) in [7, 11) is 0. The standard InChI is InChI=1S/C20H38N2/c1-7-11-14-20(22-18(6)12-8-2)21-16-19(13-9-3)15-17(5)10-4/h8,12,14,17,19,21H,7,9-11,13,15-16H2,1-6H3/b12-8-,20-14+,22-18-/t17?,19-/m1/s1. The zero-order valence-electron chi connectivity index (χ0n) is 15.8. The van der Waals surface area contributed by atoms with Gasteiger partial charge in [0.15, 0.2) is 0 Å². The Kier molecular flexibility index (Phi) is 13.0. The molecule has 0 spiro atoms. The Morgan fingerprint density at radius 3 is 2.45 bits per heavy atom. The Morgan fingerprint density at radius 2 is 1.91 bits per heavy atom. The molecule has 0 rings (SSSR count). The molecule has 0 heterocycles. The molecule has 128 valence electrons. The minimum absolute atomic E-state index is 0.752. The fourth-order valence-corrected chi connectivity index (χ4v) is 2.60. The number of nitrogens with zero attached hydrogens (tertiary/aromatic N) is 1. The largest absolute Gasteiger partial charge is 0.370 e. The molecule has 2 heteroatoms. The number of allylic oxidation sites excluding steroid dienone is 3. The molecule has 0 amide bonds. The Balaban J connectivity index is 4.72. The van der Waals surface area contributed by atoms with E-state index in [-0.39, 0.29) is 0 Å². The van der Waals surface area contributed by atoms with Crippen molar-refractivity contribution in [1.82, 2.24) is 5.32 Å². The molecule has 0 aromatic carbocycles. The fraction of sp³-hybridized carbons (Fsp3) is 0.750. The summed E-state index contributed by atoms with van der Waals surface area (Å²) in [5, 5.41) is 3.60. The van der Waals surface area contributed by atoms with E-state index in [0.717, 1.165) is 42.8 Å². The topological polar surface area (TPSA) is 24.4 Å². The Bertz CT molecular complexity index is 353. The highest BCUT2D eigenvalue weighted by Crippen LogP contribution is 2.19. The minimum Gasteiger partial charge on any atom is -0.370 e. The molecule has 2 nitrogen and oxygen atoms in total. The van der Waals surface area contributed by atoms with Crippen molar-refractivity contribution in [2.75, 3.05) is 6.54 Å². The van der Waals surface area contributed by atoms with Crippen LogP contribution in [-0.2, 0) is 0 Å². The van der Waals surface area contributed by atoms with Crippen molar-refractivity contribution in [3.63, 3.8) is 0 Å². The summed E-state index contributed by atoms with van der Waals surface area (Å²) >= 11 is 0. The van der Waals surface area contributed by atoms with Crippen molar-refractivity contribution in [2.24, 2.45) is 16.8 Å².